The van der Waals surface area contributed by atoms with E-state index in [9.17, 15) is 9.59 Å². The maximum atomic E-state index is 11.8. The molecule has 0 saturated carbocycles. The molecule has 0 unspecified atom stereocenters. The summed E-state index contributed by atoms with van der Waals surface area (Å²) >= 11 is 0. The van der Waals surface area contributed by atoms with Crippen molar-refractivity contribution in [2.24, 2.45) is 0 Å². The van der Waals surface area contributed by atoms with Crippen LogP contribution in [0.2, 0.25) is 0 Å². The summed E-state index contributed by atoms with van der Waals surface area (Å²) in [5, 5.41) is 11.5. The smallest absolute Gasteiger partial charge is 0.408 e. The molecule has 1 heterocycles. The van der Waals surface area contributed by atoms with E-state index < -0.39 is 18.1 Å². The third kappa shape index (κ3) is 4.66. The lowest BCUT2D eigenvalue weighted by atomic mass is 10.1. The molecule has 6 heteroatoms. The number of ether oxygens (including phenoxy) is 1. The van der Waals surface area contributed by atoms with Crippen molar-refractivity contribution >= 4 is 12.1 Å². The second-order valence-corrected chi connectivity index (χ2v) is 4.80. The Labute approximate surface area is 127 Å². The first-order valence-corrected chi connectivity index (χ1v) is 6.80. The minimum atomic E-state index is -1.04. The van der Waals surface area contributed by atoms with Crippen LogP contribution in [0.3, 0.4) is 0 Å². The second kappa shape index (κ2) is 7.31. The maximum absolute atomic E-state index is 11.8. The average Bonchev–Trinajstić information content (AvgIpc) is 2.92. The van der Waals surface area contributed by atoms with Crippen molar-refractivity contribution in [2.45, 2.75) is 26.0 Å². The summed E-state index contributed by atoms with van der Waals surface area (Å²) in [6.07, 6.45) is -0.975. The van der Waals surface area contributed by atoms with E-state index in [4.69, 9.17) is 14.3 Å². The Morgan fingerprint density at radius 3 is 2.55 bits per heavy atom. The highest BCUT2D eigenvalue weighted by atomic mass is 16.5. The topological polar surface area (TPSA) is 88.8 Å². The first-order chi connectivity index (χ1) is 10.5. The summed E-state index contributed by atoms with van der Waals surface area (Å²) in [5.41, 5.74) is 0.848. The van der Waals surface area contributed by atoms with Crippen LogP contribution in [0.15, 0.2) is 46.9 Å². The number of aliphatic carboxylic acids is 1. The zero-order chi connectivity index (χ0) is 15.9. The van der Waals surface area contributed by atoms with Crippen molar-refractivity contribution in [1.82, 2.24) is 5.32 Å². The molecule has 1 atom stereocenters. The van der Waals surface area contributed by atoms with Gasteiger partial charge in [0.2, 0.25) is 0 Å². The van der Waals surface area contributed by atoms with Gasteiger partial charge in [0, 0.05) is 0 Å². The molecule has 1 aromatic carbocycles. The van der Waals surface area contributed by atoms with E-state index in [1.165, 1.54) is 0 Å². The Balaban J connectivity index is 1.94. The number of benzene rings is 1. The van der Waals surface area contributed by atoms with Crippen molar-refractivity contribution in [3.05, 3.63) is 59.5 Å². The van der Waals surface area contributed by atoms with Crippen LogP contribution < -0.4 is 5.32 Å². The summed E-state index contributed by atoms with van der Waals surface area (Å²) in [4.78, 5) is 22.7. The van der Waals surface area contributed by atoms with E-state index in [-0.39, 0.29) is 13.0 Å². The molecule has 0 bridgehead atoms. The normalized spacial score (nSPS) is 11.7. The van der Waals surface area contributed by atoms with Gasteiger partial charge in [0.05, 0.1) is 6.42 Å². The zero-order valence-corrected chi connectivity index (χ0v) is 12.1. The molecular weight excluding hydrogens is 286 g/mol. The number of rotatable bonds is 6. The van der Waals surface area contributed by atoms with Crippen molar-refractivity contribution in [3.63, 3.8) is 0 Å². The van der Waals surface area contributed by atoms with Crippen LogP contribution in [-0.4, -0.2) is 17.2 Å². The van der Waals surface area contributed by atoms with Gasteiger partial charge in [0.15, 0.2) is 0 Å². The number of furan rings is 1. The molecule has 0 fully saturated rings. The Hall–Kier alpha value is -2.76. The van der Waals surface area contributed by atoms with Crippen molar-refractivity contribution in [2.75, 3.05) is 0 Å². The molecule has 0 aliphatic rings. The summed E-state index contributed by atoms with van der Waals surface area (Å²) in [6.45, 7) is 1.86. The van der Waals surface area contributed by atoms with E-state index >= 15 is 0 Å². The van der Waals surface area contributed by atoms with Crippen LogP contribution in [0.1, 0.15) is 29.5 Å². The monoisotopic (exact) mass is 303 g/mol. The number of nitrogens with one attached hydrogen (secondary N) is 1. The molecule has 2 aromatic rings. The zero-order valence-electron chi connectivity index (χ0n) is 12.1. The number of carbonyl (C=O) groups excluding carboxylic acids is 1. The van der Waals surface area contributed by atoms with Gasteiger partial charge in [-0.1, -0.05) is 30.3 Å². The van der Waals surface area contributed by atoms with E-state index in [0.717, 1.165) is 5.56 Å². The van der Waals surface area contributed by atoms with Gasteiger partial charge in [-0.15, -0.1) is 0 Å². The summed E-state index contributed by atoms with van der Waals surface area (Å²) in [5.74, 6) is -0.0104. The SMILES string of the molecule is Cc1ccc([C@@H](CC(=O)O)NC(=O)OCc2ccccc2)o1. The van der Waals surface area contributed by atoms with Gasteiger partial charge in [-0.2, -0.15) is 0 Å². The molecule has 6 nitrogen and oxygen atoms in total. The van der Waals surface area contributed by atoms with Gasteiger partial charge in [-0.3, -0.25) is 4.79 Å². The highest BCUT2D eigenvalue weighted by Crippen LogP contribution is 2.19. The van der Waals surface area contributed by atoms with Crippen LogP contribution >= 0.6 is 0 Å². The van der Waals surface area contributed by atoms with Crippen LogP contribution in [0.25, 0.3) is 0 Å². The Kier molecular flexibility index (Phi) is 5.19. The summed E-state index contributed by atoms with van der Waals surface area (Å²) < 4.78 is 10.5. The highest BCUT2D eigenvalue weighted by molar-refractivity contribution is 5.71. The van der Waals surface area contributed by atoms with Crippen LogP contribution in [0, 0.1) is 6.92 Å². The average molecular weight is 303 g/mol. The lowest BCUT2D eigenvalue weighted by molar-refractivity contribution is -0.137. The first kappa shape index (κ1) is 15.6. The number of hydrogen-bond donors (Lipinski definition) is 2. The van der Waals surface area contributed by atoms with Gasteiger partial charge in [-0.05, 0) is 24.6 Å². The fraction of sp³-hybridized carbons (Fsp3) is 0.250. The van der Waals surface area contributed by atoms with Crippen molar-refractivity contribution in [3.8, 4) is 0 Å². The molecule has 1 amide bonds. The van der Waals surface area contributed by atoms with Gasteiger partial charge < -0.3 is 19.6 Å². The second-order valence-electron chi connectivity index (χ2n) is 4.80. The molecule has 0 aliphatic carbocycles. The highest BCUT2D eigenvalue weighted by Gasteiger charge is 2.21. The maximum Gasteiger partial charge on any atom is 0.408 e. The van der Waals surface area contributed by atoms with Gasteiger partial charge >= 0.3 is 12.1 Å². The fourth-order valence-corrected chi connectivity index (χ4v) is 1.95. The van der Waals surface area contributed by atoms with E-state index in [1.54, 1.807) is 19.1 Å². The fourth-order valence-electron chi connectivity index (χ4n) is 1.95. The number of amides is 1. The van der Waals surface area contributed by atoms with Gasteiger partial charge in [0.25, 0.3) is 0 Å². The van der Waals surface area contributed by atoms with Gasteiger partial charge in [0.1, 0.15) is 24.2 Å². The Morgan fingerprint density at radius 2 is 1.95 bits per heavy atom. The third-order valence-electron chi connectivity index (χ3n) is 2.99. The molecule has 22 heavy (non-hydrogen) atoms. The minimum Gasteiger partial charge on any atom is -0.481 e. The van der Waals surface area contributed by atoms with Crippen molar-refractivity contribution < 1.29 is 23.8 Å². The van der Waals surface area contributed by atoms with Crippen molar-refractivity contribution in [1.29, 1.82) is 0 Å². The predicted molar refractivity (Wildman–Crippen MR) is 78.2 cm³/mol. The number of carboxylic acid groups (broad SMARTS) is 1. The quantitative estimate of drug-likeness (QED) is 0.856. The Bertz CT molecular complexity index is 635. The molecule has 116 valence electrons. The molecule has 2 rings (SSSR count). The molecule has 1 aromatic heterocycles. The Morgan fingerprint density at radius 1 is 1.23 bits per heavy atom. The summed E-state index contributed by atoms with van der Waals surface area (Å²) in [7, 11) is 0. The van der Waals surface area contributed by atoms with E-state index in [2.05, 4.69) is 5.32 Å². The molecular formula is C16H17NO5. The van der Waals surface area contributed by atoms with E-state index in [0.29, 0.717) is 11.5 Å². The first-order valence-electron chi connectivity index (χ1n) is 6.80. The van der Waals surface area contributed by atoms with E-state index in [1.807, 2.05) is 30.3 Å². The number of hydrogen-bond acceptors (Lipinski definition) is 4. The summed E-state index contributed by atoms with van der Waals surface area (Å²) in [6, 6.07) is 11.8. The number of carbonyl (C=O) groups is 2. The molecule has 0 aliphatic heterocycles. The standard InChI is InChI=1S/C16H17NO5/c1-11-7-8-14(22-11)13(9-15(18)19)17-16(20)21-10-12-5-3-2-4-6-12/h2-8,13H,9-10H2,1H3,(H,17,20)(H,18,19)/t13-/m1/s1. The minimum absolute atomic E-state index is 0.115. The van der Waals surface area contributed by atoms with Crippen LogP contribution in [-0.2, 0) is 16.1 Å². The number of carboxylic acids is 1. The molecule has 0 saturated heterocycles. The number of aryl methyl sites for hydroxylation is 1. The van der Waals surface area contributed by atoms with Crippen LogP contribution in [0.4, 0.5) is 4.79 Å². The molecule has 2 N–H and O–H groups in total. The molecule has 0 spiro atoms. The predicted octanol–water partition coefficient (Wildman–Crippen LogP) is 3.03. The molecule has 0 radical (unpaired) electrons. The largest absolute Gasteiger partial charge is 0.481 e. The third-order valence-corrected chi connectivity index (χ3v) is 2.99. The lowest BCUT2D eigenvalue weighted by Crippen LogP contribution is -2.30. The number of alkyl carbamates (subject to hydrolysis) is 1. The lowest BCUT2D eigenvalue weighted by Gasteiger charge is -2.14. The van der Waals surface area contributed by atoms with Gasteiger partial charge in [-0.25, -0.2) is 4.79 Å². The van der Waals surface area contributed by atoms with Crippen LogP contribution in [0.5, 0.6) is 0 Å².